The number of benzene rings is 2. The van der Waals surface area contributed by atoms with Gasteiger partial charge in [0, 0.05) is 0 Å². The molecule has 0 unspecified atom stereocenters. The molecule has 0 spiro atoms. The zero-order valence-electron chi connectivity index (χ0n) is 12.6. The topological polar surface area (TPSA) is 38.3 Å². The highest BCUT2D eigenvalue weighted by molar-refractivity contribution is 6.44. The molecule has 0 aliphatic heterocycles. The quantitative estimate of drug-likeness (QED) is 0.850. The van der Waals surface area contributed by atoms with Crippen molar-refractivity contribution in [2.24, 2.45) is 0 Å². The molecule has 5 heteroatoms. The third-order valence-corrected chi connectivity index (χ3v) is 4.19. The largest absolute Gasteiger partial charge is 0.481 e. The van der Waals surface area contributed by atoms with Gasteiger partial charge >= 0.3 is 0 Å². The molecular formula is C17H17Cl2NO2. The maximum absolute atomic E-state index is 12.2. The van der Waals surface area contributed by atoms with Crippen LogP contribution in [0.4, 0.5) is 5.69 Å². The van der Waals surface area contributed by atoms with Gasteiger partial charge in [0.15, 0.2) is 6.10 Å². The first-order chi connectivity index (χ1) is 10.4. The number of halogens is 2. The summed E-state index contributed by atoms with van der Waals surface area (Å²) in [6.07, 6.45) is -0.655. The second-order valence-electron chi connectivity index (χ2n) is 5.10. The van der Waals surface area contributed by atoms with E-state index in [0.717, 1.165) is 5.56 Å². The zero-order valence-corrected chi connectivity index (χ0v) is 14.1. The van der Waals surface area contributed by atoms with E-state index in [4.69, 9.17) is 27.9 Å². The van der Waals surface area contributed by atoms with Gasteiger partial charge in [-0.25, -0.2) is 0 Å². The molecule has 22 heavy (non-hydrogen) atoms. The Morgan fingerprint density at radius 1 is 1.14 bits per heavy atom. The Kier molecular flexibility index (Phi) is 5.33. The number of nitrogens with one attached hydrogen (secondary N) is 1. The monoisotopic (exact) mass is 337 g/mol. The maximum Gasteiger partial charge on any atom is 0.265 e. The van der Waals surface area contributed by atoms with Crippen LogP contribution in [0.3, 0.4) is 0 Å². The van der Waals surface area contributed by atoms with Crippen molar-refractivity contribution < 1.29 is 9.53 Å². The Balaban J connectivity index is 2.06. The molecule has 0 aliphatic carbocycles. The zero-order chi connectivity index (χ0) is 16.3. The van der Waals surface area contributed by atoms with Crippen molar-refractivity contribution in [3.8, 4) is 5.75 Å². The van der Waals surface area contributed by atoms with Crippen molar-refractivity contribution in [2.75, 3.05) is 5.32 Å². The van der Waals surface area contributed by atoms with E-state index in [1.807, 2.05) is 32.0 Å². The number of rotatable bonds is 4. The van der Waals surface area contributed by atoms with Crippen LogP contribution in [0.15, 0.2) is 36.4 Å². The average molecular weight is 338 g/mol. The minimum atomic E-state index is -0.655. The van der Waals surface area contributed by atoms with Gasteiger partial charge in [0.05, 0.1) is 15.7 Å². The summed E-state index contributed by atoms with van der Waals surface area (Å²) in [5.41, 5.74) is 2.76. The lowest BCUT2D eigenvalue weighted by Gasteiger charge is -2.16. The molecule has 1 N–H and O–H groups in total. The molecule has 0 aromatic heterocycles. The molecule has 1 amide bonds. The molecule has 2 aromatic rings. The smallest absolute Gasteiger partial charge is 0.265 e. The molecule has 0 aliphatic rings. The Bertz CT molecular complexity index is 701. The Labute approximate surface area is 140 Å². The fourth-order valence-corrected chi connectivity index (χ4v) is 2.23. The second kappa shape index (κ2) is 7.03. The number of aryl methyl sites for hydroxylation is 2. The highest BCUT2D eigenvalue weighted by Crippen LogP contribution is 2.29. The molecule has 0 heterocycles. The third kappa shape index (κ3) is 3.93. The van der Waals surface area contributed by atoms with Crippen LogP contribution in [0.2, 0.25) is 10.0 Å². The van der Waals surface area contributed by atoms with Crippen molar-refractivity contribution in [1.82, 2.24) is 0 Å². The first-order valence-corrected chi connectivity index (χ1v) is 7.63. The van der Waals surface area contributed by atoms with E-state index < -0.39 is 6.10 Å². The van der Waals surface area contributed by atoms with Crippen LogP contribution < -0.4 is 10.1 Å². The summed E-state index contributed by atoms with van der Waals surface area (Å²) in [5, 5.41) is 3.42. The number of amides is 1. The summed E-state index contributed by atoms with van der Waals surface area (Å²) < 4.78 is 5.67. The van der Waals surface area contributed by atoms with Crippen LogP contribution in [0.1, 0.15) is 18.1 Å². The van der Waals surface area contributed by atoms with Gasteiger partial charge in [-0.2, -0.15) is 0 Å². The molecule has 0 radical (unpaired) electrons. The van der Waals surface area contributed by atoms with E-state index >= 15 is 0 Å². The molecule has 0 saturated heterocycles. The predicted octanol–water partition coefficient (Wildman–Crippen LogP) is 5.02. The molecule has 0 saturated carbocycles. The van der Waals surface area contributed by atoms with Crippen molar-refractivity contribution >= 4 is 34.8 Å². The van der Waals surface area contributed by atoms with Crippen molar-refractivity contribution in [3.63, 3.8) is 0 Å². The van der Waals surface area contributed by atoms with Crippen LogP contribution in [0.25, 0.3) is 0 Å². The number of carbonyl (C=O) groups is 1. The standard InChI is InChI=1S/C17H17Cl2NO2/c1-10-7-8-13(9-11(10)2)22-12(3)17(21)20-15-6-4-5-14(18)16(15)19/h4-9,12H,1-3H3,(H,20,21)/t12-/m0/s1. The molecule has 116 valence electrons. The van der Waals surface area contributed by atoms with Crippen LogP contribution in [0, 0.1) is 13.8 Å². The molecule has 2 rings (SSSR count). The lowest BCUT2D eigenvalue weighted by Crippen LogP contribution is -2.30. The molecule has 0 fully saturated rings. The van der Waals surface area contributed by atoms with E-state index in [0.29, 0.717) is 21.5 Å². The third-order valence-electron chi connectivity index (χ3n) is 3.37. The SMILES string of the molecule is Cc1ccc(O[C@@H](C)C(=O)Nc2cccc(Cl)c2Cl)cc1C. The van der Waals surface area contributed by atoms with Gasteiger partial charge < -0.3 is 10.1 Å². The van der Waals surface area contributed by atoms with Crippen molar-refractivity contribution in [1.29, 1.82) is 0 Å². The summed E-state index contributed by atoms with van der Waals surface area (Å²) in [6.45, 7) is 5.71. The summed E-state index contributed by atoms with van der Waals surface area (Å²) in [5.74, 6) is 0.366. The summed E-state index contributed by atoms with van der Waals surface area (Å²) in [7, 11) is 0. The summed E-state index contributed by atoms with van der Waals surface area (Å²) >= 11 is 12.0. The minimum absolute atomic E-state index is 0.289. The van der Waals surface area contributed by atoms with Gasteiger partial charge in [-0.3, -0.25) is 4.79 Å². The van der Waals surface area contributed by atoms with Crippen molar-refractivity contribution in [3.05, 3.63) is 57.6 Å². The first-order valence-electron chi connectivity index (χ1n) is 6.87. The van der Waals surface area contributed by atoms with Gasteiger partial charge in [0.1, 0.15) is 5.75 Å². The Morgan fingerprint density at radius 2 is 1.86 bits per heavy atom. The fourth-order valence-electron chi connectivity index (χ4n) is 1.88. The highest BCUT2D eigenvalue weighted by Gasteiger charge is 2.17. The van der Waals surface area contributed by atoms with E-state index in [9.17, 15) is 4.79 Å². The number of hydrogen-bond acceptors (Lipinski definition) is 2. The molecular weight excluding hydrogens is 321 g/mol. The van der Waals surface area contributed by atoms with Gasteiger partial charge in [0.25, 0.3) is 5.91 Å². The van der Waals surface area contributed by atoms with Gasteiger partial charge in [-0.1, -0.05) is 35.3 Å². The van der Waals surface area contributed by atoms with E-state index in [1.54, 1.807) is 25.1 Å². The van der Waals surface area contributed by atoms with Gasteiger partial charge in [0.2, 0.25) is 0 Å². The first kappa shape index (κ1) is 16.7. The molecule has 0 bridgehead atoms. The normalized spacial score (nSPS) is 11.9. The van der Waals surface area contributed by atoms with Crippen LogP contribution in [-0.4, -0.2) is 12.0 Å². The summed E-state index contributed by atoms with van der Waals surface area (Å²) in [4.78, 5) is 12.2. The summed E-state index contributed by atoms with van der Waals surface area (Å²) in [6, 6.07) is 10.8. The van der Waals surface area contributed by atoms with Crippen molar-refractivity contribution in [2.45, 2.75) is 26.9 Å². The fraction of sp³-hybridized carbons (Fsp3) is 0.235. The minimum Gasteiger partial charge on any atom is -0.481 e. The molecule has 1 atom stereocenters. The maximum atomic E-state index is 12.2. The Hall–Kier alpha value is -1.71. The van der Waals surface area contributed by atoms with E-state index in [2.05, 4.69) is 5.32 Å². The number of hydrogen-bond donors (Lipinski definition) is 1. The van der Waals surface area contributed by atoms with E-state index in [1.165, 1.54) is 5.56 Å². The second-order valence-corrected chi connectivity index (χ2v) is 5.88. The molecule has 3 nitrogen and oxygen atoms in total. The average Bonchev–Trinajstić information content (AvgIpc) is 2.47. The predicted molar refractivity (Wildman–Crippen MR) is 91.1 cm³/mol. The highest BCUT2D eigenvalue weighted by atomic mass is 35.5. The van der Waals surface area contributed by atoms with Crippen LogP contribution in [-0.2, 0) is 4.79 Å². The van der Waals surface area contributed by atoms with Crippen LogP contribution in [0.5, 0.6) is 5.75 Å². The lowest BCUT2D eigenvalue weighted by molar-refractivity contribution is -0.122. The van der Waals surface area contributed by atoms with Crippen LogP contribution >= 0.6 is 23.2 Å². The number of carbonyl (C=O) groups excluding carboxylic acids is 1. The molecule has 2 aromatic carbocycles. The number of ether oxygens (including phenoxy) is 1. The van der Waals surface area contributed by atoms with Gasteiger partial charge in [-0.15, -0.1) is 0 Å². The van der Waals surface area contributed by atoms with Gasteiger partial charge in [-0.05, 0) is 56.2 Å². The van der Waals surface area contributed by atoms with E-state index in [-0.39, 0.29) is 5.91 Å². The lowest BCUT2D eigenvalue weighted by atomic mass is 10.1. The Morgan fingerprint density at radius 3 is 2.55 bits per heavy atom. The number of anilines is 1.